The van der Waals surface area contributed by atoms with Crippen molar-refractivity contribution in [3.05, 3.63) is 46.7 Å². The summed E-state index contributed by atoms with van der Waals surface area (Å²) >= 11 is 3.37. The number of benzene rings is 1. The van der Waals surface area contributed by atoms with Crippen molar-refractivity contribution in [1.82, 2.24) is 15.3 Å². The second-order valence-corrected chi connectivity index (χ2v) is 6.92. The largest absolute Gasteiger partial charge is 0.368 e. The number of carbonyl (C=O) groups is 1. The van der Waals surface area contributed by atoms with Crippen LogP contribution in [-0.2, 0) is 0 Å². The number of anilines is 2. The molecule has 25 heavy (non-hydrogen) atoms. The monoisotopic (exact) mass is 403 g/mol. The molecular formula is C18H22BrN5O. The van der Waals surface area contributed by atoms with Crippen LogP contribution < -0.4 is 15.5 Å². The standard InChI is InChI=1S/C18H22BrN5O/c19-15-6-4-5-14(11-15)18(25)21-8-7-20-16-12-17(23-13-22-16)24-9-2-1-3-10-24/h4-6,11-13H,1-3,7-10H2,(H,21,25)(H,20,22,23). The van der Waals surface area contributed by atoms with E-state index in [-0.39, 0.29) is 5.91 Å². The molecule has 2 N–H and O–H groups in total. The third kappa shape index (κ3) is 5.16. The summed E-state index contributed by atoms with van der Waals surface area (Å²) in [6.07, 6.45) is 5.32. The molecule has 6 nitrogen and oxygen atoms in total. The van der Waals surface area contributed by atoms with Crippen LogP contribution in [0.15, 0.2) is 41.1 Å². The molecule has 2 aromatic rings. The molecular weight excluding hydrogens is 382 g/mol. The van der Waals surface area contributed by atoms with E-state index in [2.05, 4.69) is 41.4 Å². The molecule has 3 rings (SSSR count). The summed E-state index contributed by atoms with van der Waals surface area (Å²) in [5.74, 6) is 1.67. The highest BCUT2D eigenvalue weighted by Gasteiger charge is 2.12. The van der Waals surface area contributed by atoms with Crippen molar-refractivity contribution in [1.29, 1.82) is 0 Å². The number of nitrogens with one attached hydrogen (secondary N) is 2. The molecule has 0 aliphatic carbocycles. The average Bonchev–Trinajstić information content (AvgIpc) is 2.66. The zero-order chi connectivity index (χ0) is 17.5. The van der Waals surface area contributed by atoms with Gasteiger partial charge in [0.2, 0.25) is 0 Å². The van der Waals surface area contributed by atoms with Gasteiger partial charge >= 0.3 is 0 Å². The predicted octanol–water partition coefficient (Wildman–Crippen LogP) is 3.07. The van der Waals surface area contributed by atoms with Gasteiger partial charge < -0.3 is 15.5 Å². The van der Waals surface area contributed by atoms with Crippen LogP contribution in [0.25, 0.3) is 0 Å². The molecule has 1 aliphatic rings. The Morgan fingerprint density at radius 1 is 1.12 bits per heavy atom. The van der Waals surface area contributed by atoms with Gasteiger partial charge in [-0.3, -0.25) is 4.79 Å². The number of rotatable bonds is 6. The van der Waals surface area contributed by atoms with Gasteiger partial charge in [0.25, 0.3) is 5.91 Å². The molecule has 1 aliphatic heterocycles. The van der Waals surface area contributed by atoms with Crippen LogP contribution in [0.5, 0.6) is 0 Å². The Hall–Kier alpha value is -2.15. The van der Waals surface area contributed by atoms with Gasteiger partial charge in [0.05, 0.1) is 0 Å². The van der Waals surface area contributed by atoms with Crippen LogP contribution in [0, 0.1) is 0 Å². The van der Waals surface area contributed by atoms with Crippen molar-refractivity contribution < 1.29 is 4.79 Å². The van der Waals surface area contributed by atoms with Crippen molar-refractivity contribution >= 4 is 33.5 Å². The summed E-state index contributed by atoms with van der Waals surface area (Å²) in [5.41, 5.74) is 0.642. The minimum atomic E-state index is -0.0835. The summed E-state index contributed by atoms with van der Waals surface area (Å²) in [4.78, 5) is 23.0. The Morgan fingerprint density at radius 2 is 1.96 bits per heavy atom. The van der Waals surface area contributed by atoms with Gasteiger partial charge in [-0.05, 0) is 37.5 Å². The lowest BCUT2D eigenvalue weighted by Gasteiger charge is -2.27. The van der Waals surface area contributed by atoms with Crippen LogP contribution >= 0.6 is 15.9 Å². The maximum absolute atomic E-state index is 12.1. The van der Waals surface area contributed by atoms with Crippen LogP contribution in [-0.4, -0.2) is 42.1 Å². The first kappa shape index (κ1) is 17.7. The fraction of sp³-hybridized carbons (Fsp3) is 0.389. The molecule has 0 saturated carbocycles. The minimum Gasteiger partial charge on any atom is -0.368 e. The minimum absolute atomic E-state index is 0.0835. The smallest absolute Gasteiger partial charge is 0.251 e. The summed E-state index contributed by atoms with van der Waals surface area (Å²) in [5, 5.41) is 6.14. The zero-order valence-corrected chi connectivity index (χ0v) is 15.6. The first-order chi connectivity index (χ1) is 12.2. The molecule has 2 heterocycles. The quantitative estimate of drug-likeness (QED) is 0.725. The summed E-state index contributed by atoms with van der Waals surface area (Å²) in [6.45, 7) is 3.24. The van der Waals surface area contributed by atoms with Gasteiger partial charge in [0, 0.05) is 42.3 Å². The molecule has 0 bridgehead atoms. The number of carbonyl (C=O) groups excluding carboxylic acids is 1. The van der Waals surface area contributed by atoms with E-state index in [4.69, 9.17) is 0 Å². The summed E-state index contributed by atoms with van der Waals surface area (Å²) in [7, 11) is 0. The van der Waals surface area contributed by atoms with Gasteiger partial charge in [-0.25, -0.2) is 9.97 Å². The van der Waals surface area contributed by atoms with Crippen molar-refractivity contribution in [2.75, 3.05) is 36.4 Å². The van der Waals surface area contributed by atoms with Crippen molar-refractivity contribution in [3.63, 3.8) is 0 Å². The van der Waals surface area contributed by atoms with E-state index in [1.807, 2.05) is 18.2 Å². The van der Waals surface area contributed by atoms with Crippen molar-refractivity contribution in [2.45, 2.75) is 19.3 Å². The highest BCUT2D eigenvalue weighted by Crippen LogP contribution is 2.18. The molecule has 1 aromatic heterocycles. The molecule has 0 spiro atoms. The second kappa shape index (κ2) is 8.80. The van der Waals surface area contributed by atoms with Gasteiger partial charge in [0.15, 0.2) is 0 Å². The van der Waals surface area contributed by atoms with Crippen LogP contribution in [0.2, 0.25) is 0 Å². The Balaban J connectivity index is 1.46. The van der Waals surface area contributed by atoms with E-state index in [9.17, 15) is 4.79 Å². The predicted molar refractivity (Wildman–Crippen MR) is 103 cm³/mol. The SMILES string of the molecule is O=C(NCCNc1cc(N2CCCCC2)ncn1)c1cccc(Br)c1. The number of halogens is 1. The lowest BCUT2D eigenvalue weighted by molar-refractivity contribution is 0.0955. The summed E-state index contributed by atoms with van der Waals surface area (Å²) in [6, 6.07) is 9.32. The fourth-order valence-corrected chi connectivity index (χ4v) is 3.24. The molecule has 1 aromatic carbocycles. The first-order valence-electron chi connectivity index (χ1n) is 8.57. The highest BCUT2D eigenvalue weighted by molar-refractivity contribution is 9.10. The summed E-state index contributed by atoms with van der Waals surface area (Å²) < 4.78 is 0.893. The Labute approximate surface area is 156 Å². The Bertz CT molecular complexity index is 718. The molecule has 1 saturated heterocycles. The molecule has 7 heteroatoms. The molecule has 0 atom stereocenters. The van der Waals surface area contributed by atoms with Crippen LogP contribution in [0.3, 0.4) is 0 Å². The van der Waals surface area contributed by atoms with Crippen LogP contribution in [0.1, 0.15) is 29.6 Å². The molecule has 1 amide bonds. The van der Waals surface area contributed by atoms with Gasteiger partial charge in [-0.2, -0.15) is 0 Å². The third-order valence-electron chi connectivity index (χ3n) is 4.14. The zero-order valence-electron chi connectivity index (χ0n) is 14.0. The highest BCUT2D eigenvalue weighted by atomic mass is 79.9. The number of hydrogen-bond acceptors (Lipinski definition) is 5. The van der Waals surface area contributed by atoms with E-state index in [1.165, 1.54) is 19.3 Å². The van der Waals surface area contributed by atoms with E-state index in [0.717, 1.165) is 29.2 Å². The fourth-order valence-electron chi connectivity index (χ4n) is 2.84. The van der Waals surface area contributed by atoms with E-state index in [0.29, 0.717) is 18.7 Å². The van der Waals surface area contributed by atoms with E-state index < -0.39 is 0 Å². The molecule has 1 fully saturated rings. The maximum atomic E-state index is 12.1. The molecule has 0 unspecified atom stereocenters. The Morgan fingerprint density at radius 3 is 2.76 bits per heavy atom. The van der Waals surface area contributed by atoms with Gasteiger partial charge in [-0.1, -0.05) is 22.0 Å². The van der Waals surface area contributed by atoms with Crippen molar-refractivity contribution in [2.24, 2.45) is 0 Å². The van der Waals surface area contributed by atoms with Gasteiger partial charge in [-0.15, -0.1) is 0 Å². The first-order valence-corrected chi connectivity index (χ1v) is 9.36. The number of nitrogens with zero attached hydrogens (tertiary/aromatic N) is 3. The van der Waals surface area contributed by atoms with E-state index >= 15 is 0 Å². The third-order valence-corrected chi connectivity index (χ3v) is 4.63. The topological polar surface area (TPSA) is 70.2 Å². The second-order valence-electron chi connectivity index (χ2n) is 6.00. The lowest BCUT2D eigenvalue weighted by Crippen LogP contribution is -2.30. The lowest BCUT2D eigenvalue weighted by atomic mass is 10.1. The molecule has 0 radical (unpaired) electrons. The van der Waals surface area contributed by atoms with Crippen LogP contribution in [0.4, 0.5) is 11.6 Å². The number of aromatic nitrogens is 2. The number of piperidine rings is 1. The number of amides is 1. The number of hydrogen-bond donors (Lipinski definition) is 2. The normalized spacial score (nSPS) is 14.2. The Kier molecular flexibility index (Phi) is 6.22. The van der Waals surface area contributed by atoms with Crippen molar-refractivity contribution in [3.8, 4) is 0 Å². The maximum Gasteiger partial charge on any atom is 0.251 e. The van der Waals surface area contributed by atoms with E-state index in [1.54, 1.807) is 18.5 Å². The van der Waals surface area contributed by atoms with Gasteiger partial charge in [0.1, 0.15) is 18.0 Å². The average molecular weight is 404 g/mol. The molecule has 132 valence electrons.